The summed E-state index contributed by atoms with van der Waals surface area (Å²) in [7, 11) is 0. The van der Waals surface area contributed by atoms with Crippen LogP contribution in [0.2, 0.25) is 0 Å². The van der Waals surface area contributed by atoms with Crippen LogP contribution < -0.4 is 0 Å². The van der Waals surface area contributed by atoms with E-state index in [0.717, 1.165) is 59.8 Å². The maximum absolute atomic E-state index is 9.32. The van der Waals surface area contributed by atoms with Gasteiger partial charge in [0.2, 0.25) is 0 Å². The highest BCUT2D eigenvalue weighted by Crippen LogP contribution is 2.51. The van der Waals surface area contributed by atoms with Crippen molar-refractivity contribution >= 4 is 216 Å². The fourth-order valence-corrected chi connectivity index (χ4v) is 21.8. The van der Waals surface area contributed by atoms with Gasteiger partial charge in [0, 0.05) is 87.4 Å². The van der Waals surface area contributed by atoms with Crippen LogP contribution in [0.3, 0.4) is 0 Å². The maximum Gasteiger partial charge on any atom is 0.0991 e. The van der Waals surface area contributed by atoms with Crippen LogP contribution in [0.15, 0.2) is 479 Å². The zero-order valence-electron chi connectivity index (χ0n) is 76.5. The summed E-state index contributed by atoms with van der Waals surface area (Å²) in [6, 6.07) is 160. The normalized spacial score (nSPS) is 12.3. The SMILES string of the molecule is N#Cc1ccc(-n2c3ccc4ccccc4c3c3c4ccccc4c4ccccc4c32)cc1.[2H]c1c([2H])c([2H])c(-n2c3ccc4ccccc4c3c3c4ccccc4c4ccccc4c32)c([2H])c1[2H].c1ccc(-c2ccc(-n3c4ccc5ccccc5c4c4c5ccccc5c5ccccc5c43)cc2)cc1.c1ccc(-n2c3ccc4ccccc4c3c3c4ccccc4c4ccccc4c32)cc1. The predicted octanol–water partition coefficient (Wildman–Crippen LogP) is 34.5. The Morgan fingerprint density at radius 2 is 0.386 bits per heavy atom. The minimum absolute atomic E-state index is 0.164. The van der Waals surface area contributed by atoms with Crippen LogP contribution >= 0.6 is 0 Å². The first-order valence-electron chi connectivity index (χ1n) is 47.4. The Balaban J connectivity index is 0.0000000948. The molecule has 0 atom stereocenters. The van der Waals surface area contributed by atoms with E-state index in [1.807, 2.05) is 65.2 Å². The molecule has 25 aromatic carbocycles. The number of fused-ring (bicyclic) bond motifs is 40. The lowest BCUT2D eigenvalue weighted by Gasteiger charge is -2.13. The standard InChI is InChI=1S/C36H23N.C31H18N2.2C30H19N/c1-2-10-24(11-3-1)25-18-21-27(22-19-25)37-33-23-20-26-12-4-5-13-28(26)34(33)35-31-16-8-6-14-29(31)30-15-7-9-17-32(30)36(35)37;32-19-20-13-16-22(17-14-20)33-28-18-15-21-7-1-2-8-23(21)29(28)30-26-11-5-3-9-24(26)25-10-4-6-12-27(25)31(30)33;2*1-2-11-21(12-3-1)31-27-19-18-20-10-4-5-13-22(20)28(27)29-25-16-8-6-14-23(25)24-15-7-9-17-26(24)30(29)31/h1-23H;1-18H;2*1-19H/i;;1D,2D,3D,11D,12D;. The molecule has 0 saturated carbocycles. The zero-order valence-corrected chi connectivity index (χ0v) is 71.5. The zero-order chi connectivity index (χ0) is 91.4. The van der Waals surface area contributed by atoms with E-state index in [-0.39, 0.29) is 29.9 Å². The fraction of sp³-hybridized carbons (Fsp3) is 0. The molecule has 0 N–H and O–H groups in total. The summed E-state index contributed by atoms with van der Waals surface area (Å²) in [6.07, 6.45) is 0. The van der Waals surface area contributed by atoms with Crippen molar-refractivity contribution in [1.29, 1.82) is 5.26 Å². The van der Waals surface area contributed by atoms with Gasteiger partial charge in [0.15, 0.2) is 0 Å². The lowest BCUT2D eigenvalue weighted by molar-refractivity contribution is 1.19. The molecule has 0 aliphatic carbocycles. The topological polar surface area (TPSA) is 43.5 Å². The summed E-state index contributed by atoms with van der Waals surface area (Å²) >= 11 is 0. The molecule has 0 fully saturated rings. The van der Waals surface area contributed by atoms with E-state index >= 15 is 0 Å². The third kappa shape index (κ3) is 11.7. The number of nitrogens with zero attached hydrogens (tertiary/aromatic N) is 5. The number of aromatic nitrogens is 4. The quantitative estimate of drug-likeness (QED) is 0.158. The first kappa shape index (κ1) is 70.5. The van der Waals surface area contributed by atoms with Crippen molar-refractivity contribution in [2.75, 3.05) is 0 Å². The smallest absolute Gasteiger partial charge is 0.0991 e. The molecule has 0 spiro atoms. The molecule has 29 rings (SSSR count). The largest absolute Gasteiger partial charge is 0.309 e. The molecule has 29 aromatic rings. The van der Waals surface area contributed by atoms with Crippen molar-refractivity contribution < 1.29 is 6.85 Å². The van der Waals surface area contributed by atoms with Gasteiger partial charge < -0.3 is 18.3 Å². The van der Waals surface area contributed by atoms with Crippen LogP contribution in [0.5, 0.6) is 0 Å². The molecule has 5 nitrogen and oxygen atoms in total. The molecule has 5 heteroatoms. The van der Waals surface area contributed by atoms with Crippen molar-refractivity contribution in [3.63, 3.8) is 0 Å². The summed E-state index contributed by atoms with van der Waals surface area (Å²) < 4.78 is 51.6. The Morgan fingerprint density at radius 3 is 0.682 bits per heavy atom. The van der Waals surface area contributed by atoms with Gasteiger partial charge in [-0.1, -0.05) is 394 Å². The Hall–Kier alpha value is -17.7. The fourth-order valence-electron chi connectivity index (χ4n) is 21.8. The van der Waals surface area contributed by atoms with Gasteiger partial charge in [-0.3, -0.25) is 0 Å². The average molecular weight is 1680 g/mol. The third-order valence-corrected chi connectivity index (χ3v) is 27.3. The summed E-state index contributed by atoms with van der Waals surface area (Å²) in [4.78, 5) is 0. The maximum atomic E-state index is 9.32. The van der Waals surface area contributed by atoms with Gasteiger partial charge in [0.25, 0.3) is 0 Å². The van der Waals surface area contributed by atoms with Crippen LogP contribution in [0.1, 0.15) is 12.4 Å². The minimum Gasteiger partial charge on any atom is -0.309 e. The number of hydrogen-bond donors (Lipinski definition) is 0. The summed E-state index contributed by atoms with van der Waals surface area (Å²) in [5, 5.41) is 48.6. The lowest BCUT2D eigenvalue weighted by atomic mass is 9.95. The van der Waals surface area contributed by atoms with E-state index in [4.69, 9.17) is 6.85 Å². The summed E-state index contributed by atoms with van der Waals surface area (Å²) in [5.74, 6) is 0. The first-order chi connectivity index (χ1) is 67.6. The third-order valence-electron chi connectivity index (χ3n) is 27.3. The van der Waals surface area contributed by atoms with Crippen molar-refractivity contribution in [3.8, 4) is 39.9 Å². The van der Waals surface area contributed by atoms with Crippen molar-refractivity contribution in [3.05, 3.63) is 485 Å². The van der Waals surface area contributed by atoms with E-state index < -0.39 is 6.04 Å². The van der Waals surface area contributed by atoms with Gasteiger partial charge in [-0.25, -0.2) is 0 Å². The van der Waals surface area contributed by atoms with Gasteiger partial charge in [-0.15, -0.1) is 0 Å². The van der Waals surface area contributed by atoms with E-state index in [2.05, 4.69) is 408 Å². The van der Waals surface area contributed by atoms with Crippen LogP contribution in [0, 0.1) is 11.3 Å². The predicted molar refractivity (Wildman–Crippen MR) is 563 cm³/mol. The van der Waals surface area contributed by atoms with Gasteiger partial charge in [-0.2, -0.15) is 5.26 Å². The van der Waals surface area contributed by atoms with E-state index in [1.54, 1.807) is 0 Å². The molecule has 0 aliphatic heterocycles. The van der Waals surface area contributed by atoms with E-state index in [1.165, 1.54) is 185 Å². The molecule has 4 aromatic heterocycles. The second-order valence-corrected chi connectivity index (χ2v) is 34.2. The highest BCUT2D eigenvalue weighted by Gasteiger charge is 2.27. The highest BCUT2D eigenvalue weighted by atomic mass is 15.0. The Bertz CT molecular complexity index is 10200. The number of para-hydroxylation sites is 2. The molecular weight excluding hydrogens is 1600 g/mol. The monoisotopic (exact) mass is 1680 g/mol. The van der Waals surface area contributed by atoms with Crippen molar-refractivity contribution in [2.45, 2.75) is 0 Å². The summed E-state index contributed by atoms with van der Waals surface area (Å²) in [5.41, 5.74) is 15.8. The molecule has 0 amide bonds. The van der Waals surface area contributed by atoms with Crippen LogP contribution in [-0.2, 0) is 0 Å². The number of nitriles is 1. The number of rotatable bonds is 5. The Kier molecular flexibility index (Phi) is 16.5. The molecule has 612 valence electrons. The molecule has 4 heterocycles. The molecule has 132 heavy (non-hydrogen) atoms. The molecule has 0 saturated heterocycles. The van der Waals surface area contributed by atoms with Gasteiger partial charge >= 0.3 is 0 Å². The van der Waals surface area contributed by atoms with Crippen LogP contribution in [-0.4, -0.2) is 18.3 Å². The van der Waals surface area contributed by atoms with E-state index in [0.29, 0.717) is 5.56 Å². The van der Waals surface area contributed by atoms with Gasteiger partial charge in [0.1, 0.15) is 0 Å². The van der Waals surface area contributed by atoms with Crippen molar-refractivity contribution in [1.82, 2.24) is 18.3 Å². The van der Waals surface area contributed by atoms with Crippen LogP contribution in [0.4, 0.5) is 0 Å². The number of benzene rings is 25. The minimum atomic E-state index is -0.393. The molecule has 0 radical (unpaired) electrons. The Labute approximate surface area is 766 Å². The van der Waals surface area contributed by atoms with Gasteiger partial charge in [-0.05, 0) is 204 Å². The molecule has 0 aliphatic rings. The second-order valence-electron chi connectivity index (χ2n) is 34.2. The van der Waals surface area contributed by atoms with E-state index in [9.17, 15) is 5.26 Å². The van der Waals surface area contributed by atoms with Crippen molar-refractivity contribution in [2.24, 2.45) is 0 Å². The molecule has 0 bridgehead atoms. The second kappa shape index (κ2) is 30.8. The Morgan fingerprint density at radius 1 is 0.167 bits per heavy atom. The molecule has 0 unspecified atom stereocenters. The number of hydrogen-bond acceptors (Lipinski definition) is 1. The lowest BCUT2D eigenvalue weighted by Crippen LogP contribution is -1.95. The molecular formula is C127H79N5. The first-order valence-corrected chi connectivity index (χ1v) is 44.9. The average Bonchev–Trinajstić information content (AvgIpc) is 1.56. The van der Waals surface area contributed by atoms with Gasteiger partial charge in [0.05, 0.1) is 62.6 Å². The highest BCUT2D eigenvalue weighted by molar-refractivity contribution is 6.40. The van der Waals surface area contributed by atoms with Crippen LogP contribution in [0.25, 0.3) is 250 Å². The summed E-state index contributed by atoms with van der Waals surface area (Å²) in [6.45, 7) is 0.